The molecule has 0 aromatic carbocycles. The second-order valence-electron chi connectivity index (χ2n) is 5.66. The van der Waals surface area contributed by atoms with E-state index in [1.54, 1.807) is 0 Å². The molecule has 0 aliphatic heterocycles. The van der Waals surface area contributed by atoms with E-state index in [4.69, 9.17) is 0 Å². The average molecular weight is 373 g/mol. The van der Waals surface area contributed by atoms with Gasteiger partial charge in [-0.15, -0.1) is 0 Å². The third kappa shape index (κ3) is 32.7. The van der Waals surface area contributed by atoms with Crippen molar-refractivity contribution in [2.75, 3.05) is 6.54 Å². The topological polar surface area (TPSA) is 92.6 Å². The molecule has 0 aliphatic carbocycles. The summed E-state index contributed by atoms with van der Waals surface area (Å²) in [4.78, 5) is 23.6. The van der Waals surface area contributed by atoms with E-state index in [9.17, 15) is 19.8 Å². The average Bonchev–Trinajstić information content (AvgIpc) is 2.52. The van der Waals surface area contributed by atoms with Crippen LogP contribution in [0, 0.1) is 0 Å². The summed E-state index contributed by atoms with van der Waals surface area (Å²) in [6, 6.07) is 0. The fraction of sp³-hybridized carbons (Fsp3) is 0.833. The molecule has 0 unspecified atom stereocenters. The van der Waals surface area contributed by atoms with Crippen LogP contribution in [0.2, 0.25) is 0 Å². The second kappa shape index (κ2) is 26.8. The smallest absolute Gasteiger partial charge is 0.550 e. The molecule has 0 N–H and O–H groups in total. The maximum Gasteiger partial charge on any atom is 1.00 e. The Bertz CT molecular complexity index is 337. The van der Waals surface area contributed by atoms with Crippen molar-refractivity contribution >= 4 is 17.7 Å². The Kier molecular flexibility index (Phi) is 35.7. The van der Waals surface area contributed by atoms with Gasteiger partial charge in [-0.2, -0.15) is 0 Å². The first-order valence-corrected chi connectivity index (χ1v) is 8.87. The minimum atomic E-state index is -1.15. The predicted octanol–water partition coefficient (Wildman–Crippen LogP) is -3.73. The number of carboxylic acids is 2. The van der Waals surface area contributed by atoms with Gasteiger partial charge in [-0.05, 0) is 19.8 Å². The predicted molar refractivity (Wildman–Crippen MR) is 90.1 cm³/mol. The molecular formula is C18H33NNa2O4. The molecular weight excluding hydrogens is 340 g/mol. The third-order valence-corrected chi connectivity index (χ3v) is 3.44. The fourth-order valence-electron chi connectivity index (χ4n) is 1.91. The molecule has 0 aliphatic rings. The molecule has 0 aromatic heterocycles. The molecule has 0 bridgehead atoms. The normalized spacial score (nSPS) is 9.96. The fourth-order valence-corrected chi connectivity index (χ4v) is 1.91. The van der Waals surface area contributed by atoms with Gasteiger partial charge in [0.15, 0.2) is 0 Å². The Morgan fingerprint density at radius 3 is 1.44 bits per heavy atom. The summed E-state index contributed by atoms with van der Waals surface area (Å²) in [7, 11) is 0. The number of nitrogens with zero attached hydrogens (tertiary/aromatic N) is 1. The van der Waals surface area contributed by atoms with Crippen molar-refractivity contribution in [2.24, 2.45) is 4.99 Å². The Hall–Kier alpha value is 0.610. The standard InChI is InChI=1S/C15H29NO2.C3H6O2.2Na/c1-3-4-5-6-7-8-9-10-11-12-13-16-14(2)15(17)18;1-2-3(4)5;;/h3-13H2,1-2H3,(H,17,18);2H2,1H3,(H,4,5);;/q;;2*+1/p-2. The molecule has 0 radical (unpaired) electrons. The van der Waals surface area contributed by atoms with Crippen molar-refractivity contribution in [2.45, 2.75) is 91.4 Å². The van der Waals surface area contributed by atoms with Crippen LogP contribution in [0.1, 0.15) is 91.4 Å². The first-order valence-electron chi connectivity index (χ1n) is 8.87. The van der Waals surface area contributed by atoms with Crippen molar-refractivity contribution < 1.29 is 78.9 Å². The number of carbonyl (C=O) groups excluding carboxylic acids is 2. The van der Waals surface area contributed by atoms with Gasteiger partial charge in [-0.1, -0.05) is 71.6 Å². The van der Waals surface area contributed by atoms with Crippen molar-refractivity contribution in [3.05, 3.63) is 0 Å². The van der Waals surface area contributed by atoms with E-state index < -0.39 is 11.9 Å². The summed E-state index contributed by atoms with van der Waals surface area (Å²) in [5, 5.41) is 19.6. The van der Waals surface area contributed by atoms with Crippen LogP contribution in [0.25, 0.3) is 0 Å². The first kappa shape index (κ1) is 33.2. The largest absolute Gasteiger partial charge is 1.00 e. The molecule has 0 amide bonds. The van der Waals surface area contributed by atoms with Gasteiger partial charge in [0.05, 0.1) is 11.7 Å². The summed E-state index contributed by atoms with van der Waals surface area (Å²) in [5.74, 6) is -2.15. The number of unbranched alkanes of at least 4 members (excludes halogenated alkanes) is 9. The van der Waals surface area contributed by atoms with Crippen molar-refractivity contribution in [1.29, 1.82) is 0 Å². The molecule has 0 spiro atoms. The van der Waals surface area contributed by atoms with Gasteiger partial charge in [0.1, 0.15) is 0 Å². The molecule has 0 heterocycles. The number of aliphatic carboxylic acids is 2. The Balaban J connectivity index is -0.000000276. The van der Waals surface area contributed by atoms with Crippen molar-refractivity contribution in [3.8, 4) is 0 Å². The van der Waals surface area contributed by atoms with Crippen molar-refractivity contribution in [3.63, 3.8) is 0 Å². The van der Waals surface area contributed by atoms with Crippen LogP contribution in [0.3, 0.4) is 0 Å². The van der Waals surface area contributed by atoms with Crippen LogP contribution in [0.5, 0.6) is 0 Å². The van der Waals surface area contributed by atoms with Crippen LogP contribution in [0.15, 0.2) is 4.99 Å². The first-order chi connectivity index (χ1) is 11.0. The van der Waals surface area contributed by atoms with E-state index in [-0.39, 0.29) is 71.2 Å². The van der Waals surface area contributed by atoms with E-state index in [0.29, 0.717) is 6.54 Å². The van der Waals surface area contributed by atoms with Crippen LogP contribution in [-0.4, -0.2) is 24.2 Å². The third-order valence-electron chi connectivity index (χ3n) is 3.44. The van der Waals surface area contributed by atoms with Gasteiger partial charge in [-0.25, -0.2) is 0 Å². The quantitative estimate of drug-likeness (QED) is 0.189. The van der Waals surface area contributed by atoms with E-state index in [1.165, 1.54) is 65.2 Å². The maximum atomic E-state index is 10.4. The van der Waals surface area contributed by atoms with Gasteiger partial charge in [0, 0.05) is 12.5 Å². The summed E-state index contributed by atoms with van der Waals surface area (Å²) in [6.45, 7) is 5.89. The minimum Gasteiger partial charge on any atom is -0.550 e. The Labute approximate surface area is 198 Å². The van der Waals surface area contributed by atoms with Gasteiger partial charge in [0.2, 0.25) is 0 Å². The SMILES string of the molecule is CCC(=O)[O-].CCCCCCCCCCCCN=C(C)C(=O)[O-].[Na+].[Na+]. The minimum absolute atomic E-state index is 0. The maximum absolute atomic E-state index is 10.4. The number of carbonyl (C=O) groups is 2. The van der Waals surface area contributed by atoms with Crippen LogP contribution in [0.4, 0.5) is 0 Å². The summed E-state index contributed by atoms with van der Waals surface area (Å²) < 4.78 is 0. The molecule has 0 atom stereocenters. The molecule has 0 saturated heterocycles. The molecule has 0 fully saturated rings. The van der Waals surface area contributed by atoms with E-state index in [1.807, 2.05) is 0 Å². The molecule has 0 aromatic rings. The molecule has 0 saturated carbocycles. The number of carboxylic acid groups (broad SMARTS) is 2. The second-order valence-corrected chi connectivity index (χ2v) is 5.66. The van der Waals surface area contributed by atoms with E-state index >= 15 is 0 Å². The van der Waals surface area contributed by atoms with Gasteiger partial charge < -0.3 is 19.8 Å². The van der Waals surface area contributed by atoms with Gasteiger partial charge >= 0.3 is 59.1 Å². The number of hydrogen-bond acceptors (Lipinski definition) is 5. The van der Waals surface area contributed by atoms with E-state index in [0.717, 1.165) is 12.8 Å². The summed E-state index contributed by atoms with van der Waals surface area (Å²) >= 11 is 0. The molecule has 25 heavy (non-hydrogen) atoms. The number of hydrogen-bond donors (Lipinski definition) is 0. The zero-order chi connectivity index (χ0) is 17.9. The summed E-state index contributed by atoms with van der Waals surface area (Å²) in [6.07, 6.45) is 12.9. The molecule has 7 heteroatoms. The van der Waals surface area contributed by atoms with Crippen LogP contribution < -0.4 is 69.3 Å². The van der Waals surface area contributed by atoms with Crippen molar-refractivity contribution in [1.82, 2.24) is 0 Å². The van der Waals surface area contributed by atoms with E-state index in [2.05, 4.69) is 11.9 Å². The molecule has 5 nitrogen and oxygen atoms in total. The monoisotopic (exact) mass is 373 g/mol. The number of rotatable bonds is 13. The van der Waals surface area contributed by atoms with Crippen LogP contribution >= 0.6 is 0 Å². The molecule has 0 rings (SSSR count). The summed E-state index contributed by atoms with van der Waals surface area (Å²) in [5.41, 5.74) is 0.117. The van der Waals surface area contributed by atoms with Gasteiger partial charge in [-0.3, -0.25) is 4.99 Å². The van der Waals surface area contributed by atoms with Crippen LogP contribution in [-0.2, 0) is 9.59 Å². The zero-order valence-corrected chi connectivity index (χ0v) is 21.1. The molecule has 136 valence electrons. The zero-order valence-electron chi connectivity index (χ0n) is 17.1. The Morgan fingerprint density at radius 1 is 0.760 bits per heavy atom. The van der Waals surface area contributed by atoms with Gasteiger partial charge in [0.25, 0.3) is 0 Å². The number of aliphatic imine (C=N–C) groups is 1. The Morgan fingerprint density at radius 2 is 1.12 bits per heavy atom.